The van der Waals surface area contributed by atoms with Gasteiger partial charge in [0.25, 0.3) is 5.91 Å². The number of amides is 1. The number of hydrogen-bond acceptors (Lipinski definition) is 2. The Hall–Kier alpha value is -2.33. The van der Waals surface area contributed by atoms with Crippen LogP contribution in [0.15, 0.2) is 42.7 Å². The number of benzene rings is 1. The summed E-state index contributed by atoms with van der Waals surface area (Å²) in [6, 6.07) is 9.82. The van der Waals surface area contributed by atoms with Gasteiger partial charge in [-0.15, -0.1) is 0 Å². The van der Waals surface area contributed by atoms with Crippen molar-refractivity contribution < 1.29 is 4.79 Å². The topological polar surface area (TPSA) is 37.6 Å². The smallest absolute Gasteiger partial charge is 0.272 e. The number of pyridine rings is 1. The normalized spacial score (nSPS) is 14.9. The van der Waals surface area contributed by atoms with Gasteiger partial charge in [-0.2, -0.15) is 0 Å². The van der Waals surface area contributed by atoms with Crippen LogP contribution < -0.4 is 0 Å². The highest BCUT2D eigenvalue weighted by atomic mass is 35.5. The van der Waals surface area contributed by atoms with Gasteiger partial charge in [0.15, 0.2) is 0 Å². The molecule has 0 atom stereocenters. The third-order valence-corrected chi connectivity index (χ3v) is 4.98. The molecule has 0 unspecified atom stereocenters. The lowest BCUT2D eigenvalue weighted by Gasteiger charge is -2.26. The zero-order valence-electron chi connectivity index (χ0n) is 14.2. The van der Waals surface area contributed by atoms with E-state index >= 15 is 0 Å². The van der Waals surface area contributed by atoms with E-state index in [4.69, 9.17) is 11.6 Å². The van der Waals surface area contributed by atoms with Crippen molar-refractivity contribution in [3.05, 3.63) is 59.0 Å². The number of carbonyl (C=O) groups excluding carboxylic acids is 1. The molecule has 4 nitrogen and oxygen atoms in total. The van der Waals surface area contributed by atoms with Crippen LogP contribution in [0.1, 0.15) is 35.3 Å². The maximum Gasteiger partial charge on any atom is 0.272 e. The van der Waals surface area contributed by atoms with E-state index in [9.17, 15) is 4.79 Å². The number of aromatic nitrogens is 2. The lowest BCUT2D eigenvalue weighted by Crippen LogP contribution is -2.36. The molecule has 0 N–H and O–H groups in total. The molecule has 4 rings (SSSR count). The molecule has 0 bridgehead atoms. The molecule has 0 aliphatic carbocycles. The average Bonchev–Trinajstić information content (AvgIpc) is 3.04. The van der Waals surface area contributed by atoms with E-state index in [1.807, 2.05) is 46.7 Å². The third kappa shape index (κ3) is 3.02. The van der Waals surface area contributed by atoms with E-state index in [-0.39, 0.29) is 5.91 Å². The number of nitrogens with zero attached hydrogens (tertiary/aromatic N) is 3. The quantitative estimate of drug-likeness (QED) is 0.675. The minimum absolute atomic E-state index is 0.0647. The van der Waals surface area contributed by atoms with Crippen LogP contribution in [0.3, 0.4) is 0 Å². The van der Waals surface area contributed by atoms with Crippen LogP contribution in [-0.2, 0) is 0 Å². The summed E-state index contributed by atoms with van der Waals surface area (Å²) in [6.45, 7) is 3.70. The van der Waals surface area contributed by atoms with Gasteiger partial charge in [-0.05, 0) is 55.5 Å². The molecule has 1 amide bonds. The maximum atomic E-state index is 12.9. The minimum atomic E-state index is 0.0647. The monoisotopic (exact) mass is 353 g/mol. The first-order chi connectivity index (χ1) is 12.1. The standard InChI is InChI=1S/C20H20ClN3O/c1-14-10-17(15-6-5-7-16(21)11-15)19-22-12-18(24(19)13-14)20(25)23-8-3-2-4-9-23/h5-7,10-13H,2-4,8-9H2,1H3. The van der Waals surface area contributed by atoms with Crippen LogP contribution in [-0.4, -0.2) is 33.3 Å². The van der Waals surface area contributed by atoms with E-state index in [1.165, 1.54) is 6.42 Å². The maximum absolute atomic E-state index is 12.9. The molecule has 5 heteroatoms. The number of fused-ring (bicyclic) bond motifs is 1. The van der Waals surface area contributed by atoms with Crippen LogP contribution in [0.25, 0.3) is 16.8 Å². The van der Waals surface area contributed by atoms with E-state index in [0.29, 0.717) is 10.7 Å². The number of rotatable bonds is 2. The highest BCUT2D eigenvalue weighted by molar-refractivity contribution is 6.30. The van der Waals surface area contributed by atoms with Gasteiger partial charge in [-0.25, -0.2) is 4.98 Å². The Morgan fingerprint density at radius 1 is 1.16 bits per heavy atom. The third-order valence-electron chi connectivity index (χ3n) is 4.74. The Labute approximate surface area is 152 Å². The lowest BCUT2D eigenvalue weighted by molar-refractivity contribution is 0.0717. The molecule has 1 saturated heterocycles. The van der Waals surface area contributed by atoms with Gasteiger partial charge in [-0.3, -0.25) is 9.20 Å². The Morgan fingerprint density at radius 3 is 2.72 bits per heavy atom. The molecule has 2 aromatic heterocycles. The second-order valence-corrected chi connectivity index (χ2v) is 7.07. The summed E-state index contributed by atoms with van der Waals surface area (Å²) < 4.78 is 1.92. The van der Waals surface area contributed by atoms with Crippen LogP contribution in [0.4, 0.5) is 0 Å². The SMILES string of the molecule is Cc1cc(-c2cccc(Cl)c2)c2ncc(C(=O)N3CCCCC3)n2c1. The minimum Gasteiger partial charge on any atom is -0.337 e. The van der Waals surface area contributed by atoms with E-state index in [0.717, 1.165) is 48.3 Å². The predicted molar refractivity (Wildman–Crippen MR) is 100 cm³/mol. The average molecular weight is 354 g/mol. The molecule has 128 valence electrons. The Kier molecular flexibility index (Phi) is 4.22. The Balaban J connectivity index is 1.82. The number of imidazole rings is 1. The van der Waals surface area contributed by atoms with Crippen molar-refractivity contribution in [2.75, 3.05) is 13.1 Å². The summed E-state index contributed by atoms with van der Waals surface area (Å²) in [6.07, 6.45) is 7.03. The first kappa shape index (κ1) is 16.2. The van der Waals surface area contributed by atoms with Gasteiger partial charge in [0.1, 0.15) is 11.3 Å². The second-order valence-electron chi connectivity index (χ2n) is 6.63. The zero-order chi connectivity index (χ0) is 17.4. The van der Waals surface area contributed by atoms with E-state index in [2.05, 4.69) is 11.1 Å². The molecule has 3 aromatic rings. The molecule has 1 fully saturated rings. The van der Waals surface area contributed by atoms with Crippen molar-refractivity contribution in [2.24, 2.45) is 0 Å². The molecule has 1 aliphatic heterocycles. The summed E-state index contributed by atoms with van der Waals surface area (Å²) >= 11 is 6.15. The van der Waals surface area contributed by atoms with Crippen molar-refractivity contribution in [1.29, 1.82) is 0 Å². The molecule has 1 aromatic carbocycles. The lowest BCUT2D eigenvalue weighted by atomic mass is 10.1. The molecule has 25 heavy (non-hydrogen) atoms. The predicted octanol–water partition coefficient (Wildman–Crippen LogP) is 4.59. The largest absolute Gasteiger partial charge is 0.337 e. The number of hydrogen-bond donors (Lipinski definition) is 0. The number of aryl methyl sites for hydroxylation is 1. The summed E-state index contributed by atoms with van der Waals surface area (Å²) in [5.74, 6) is 0.0647. The molecule has 0 radical (unpaired) electrons. The number of piperidine rings is 1. The van der Waals surface area contributed by atoms with Gasteiger partial charge in [0.05, 0.1) is 6.20 Å². The highest BCUT2D eigenvalue weighted by Gasteiger charge is 2.22. The fourth-order valence-corrected chi connectivity index (χ4v) is 3.70. The van der Waals surface area contributed by atoms with Crippen LogP contribution >= 0.6 is 11.6 Å². The first-order valence-electron chi connectivity index (χ1n) is 8.66. The molecule has 0 spiro atoms. The van der Waals surface area contributed by atoms with Crippen LogP contribution in [0.5, 0.6) is 0 Å². The Bertz CT molecular complexity index is 941. The van der Waals surface area contributed by atoms with Crippen LogP contribution in [0.2, 0.25) is 5.02 Å². The first-order valence-corrected chi connectivity index (χ1v) is 9.04. The van der Waals surface area contributed by atoms with Gasteiger partial charge < -0.3 is 4.90 Å². The van der Waals surface area contributed by atoms with Crippen molar-refractivity contribution >= 4 is 23.2 Å². The van der Waals surface area contributed by atoms with Crippen molar-refractivity contribution in [1.82, 2.24) is 14.3 Å². The van der Waals surface area contributed by atoms with Gasteiger partial charge in [0.2, 0.25) is 0 Å². The fraction of sp³-hybridized carbons (Fsp3) is 0.300. The second kappa shape index (κ2) is 6.52. The fourth-order valence-electron chi connectivity index (χ4n) is 3.51. The van der Waals surface area contributed by atoms with E-state index in [1.54, 1.807) is 6.20 Å². The molecule has 0 saturated carbocycles. The summed E-state index contributed by atoms with van der Waals surface area (Å²) in [4.78, 5) is 19.4. The van der Waals surface area contributed by atoms with Gasteiger partial charge >= 0.3 is 0 Å². The highest BCUT2D eigenvalue weighted by Crippen LogP contribution is 2.28. The summed E-state index contributed by atoms with van der Waals surface area (Å²) in [5.41, 5.74) is 4.48. The summed E-state index contributed by atoms with van der Waals surface area (Å²) in [7, 11) is 0. The molecule has 1 aliphatic rings. The molecular formula is C20H20ClN3O. The van der Waals surface area contributed by atoms with Crippen molar-refractivity contribution in [3.63, 3.8) is 0 Å². The number of carbonyl (C=O) groups is 1. The Morgan fingerprint density at radius 2 is 1.96 bits per heavy atom. The zero-order valence-corrected chi connectivity index (χ0v) is 15.0. The molecule has 3 heterocycles. The number of halogens is 1. The van der Waals surface area contributed by atoms with Gasteiger partial charge in [0, 0.05) is 29.9 Å². The van der Waals surface area contributed by atoms with Crippen LogP contribution in [0, 0.1) is 6.92 Å². The summed E-state index contributed by atoms with van der Waals surface area (Å²) in [5, 5.41) is 0.688. The van der Waals surface area contributed by atoms with Gasteiger partial charge in [-0.1, -0.05) is 23.7 Å². The van der Waals surface area contributed by atoms with E-state index < -0.39 is 0 Å². The molecular weight excluding hydrogens is 334 g/mol. The van der Waals surface area contributed by atoms with Crippen molar-refractivity contribution in [3.8, 4) is 11.1 Å². The van der Waals surface area contributed by atoms with Crippen molar-refractivity contribution in [2.45, 2.75) is 26.2 Å². The number of likely N-dealkylation sites (tertiary alicyclic amines) is 1.